The summed E-state index contributed by atoms with van der Waals surface area (Å²) in [5, 5.41) is 3.64. The van der Waals surface area contributed by atoms with E-state index in [1.165, 1.54) is 18.2 Å². The Kier molecular flexibility index (Phi) is 4.65. The molecule has 0 radical (unpaired) electrons. The third-order valence-corrected chi connectivity index (χ3v) is 3.05. The molecular weight excluding hydrogens is 322 g/mol. The van der Waals surface area contributed by atoms with Gasteiger partial charge < -0.3 is 0 Å². The molecular formula is C14H10ClF4N3. The van der Waals surface area contributed by atoms with Crippen molar-refractivity contribution in [2.75, 3.05) is 5.43 Å². The zero-order valence-corrected chi connectivity index (χ0v) is 12.0. The Hall–Kier alpha value is -2.15. The molecule has 0 spiro atoms. The van der Waals surface area contributed by atoms with Gasteiger partial charge in [0.15, 0.2) is 5.82 Å². The van der Waals surface area contributed by atoms with E-state index in [0.29, 0.717) is 11.9 Å². The first-order chi connectivity index (χ1) is 10.3. The summed E-state index contributed by atoms with van der Waals surface area (Å²) in [7, 11) is 0. The van der Waals surface area contributed by atoms with Gasteiger partial charge in [0.2, 0.25) is 0 Å². The molecule has 116 valence electrons. The number of nitrogens with one attached hydrogen (secondary N) is 1. The highest BCUT2D eigenvalue weighted by atomic mass is 35.5. The number of pyridine rings is 1. The lowest BCUT2D eigenvalue weighted by Crippen LogP contribution is -2.07. The number of alkyl halides is 3. The second kappa shape index (κ2) is 6.31. The van der Waals surface area contributed by atoms with Crippen LogP contribution in [0.5, 0.6) is 0 Å². The van der Waals surface area contributed by atoms with E-state index in [4.69, 9.17) is 11.6 Å². The first-order valence-electron chi connectivity index (χ1n) is 6.07. The third-order valence-electron chi connectivity index (χ3n) is 2.76. The molecule has 22 heavy (non-hydrogen) atoms. The predicted molar refractivity (Wildman–Crippen MR) is 76.5 cm³/mol. The monoisotopic (exact) mass is 331 g/mol. The van der Waals surface area contributed by atoms with Crippen LogP contribution >= 0.6 is 11.6 Å². The van der Waals surface area contributed by atoms with E-state index in [0.717, 1.165) is 6.07 Å². The molecule has 2 aromatic rings. The lowest BCUT2D eigenvalue weighted by molar-refractivity contribution is -0.137. The number of halogens is 5. The lowest BCUT2D eigenvalue weighted by atomic mass is 10.1. The number of aromatic nitrogens is 1. The Morgan fingerprint density at radius 1 is 1.27 bits per heavy atom. The van der Waals surface area contributed by atoms with Crippen molar-refractivity contribution in [1.29, 1.82) is 0 Å². The fraction of sp³-hybridized carbons (Fsp3) is 0.143. The van der Waals surface area contributed by atoms with Crippen LogP contribution in [0.3, 0.4) is 0 Å². The SMILES string of the molecule is C/C(=N/Nc1ncc(C(F)(F)F)cc1Cl)c1ccccc1F. The van der Waals surface area contributed by atoms with E-state index in [9.17, 15) is 17.6 Å². The summed E-state index contributed by atoms with van der Waals surface area (Å²) in [5.41, 5.74) is 2.03. The fourth-order valence-corrected chi connectivity index (χ4v) is 1.84. The molecule has 0 atom stereocenters. The van der Waals surface area contributed by atoms with E-state index < -0.39 is 17.6 Å². The molecule has 0 unspecified atom stereocenters. The van der Waals surface area contributed by atoms with Gasteiger partial charge in [0.05, 0.1) is 16.3 Å². The number of hydrogen-bond acceptors (Lipinski definition) is 3. The van der Waals surface area contributed by atoms with Crippen LogP contribution in [0.2, 0.25) is 5.02 Å². The molecule has 1 heterocycles. The van der Waals surface area contributed by atoms with Crippen LogP contribution in [0.4, 0.5) is 23.4 Å². The maximum absolute atomic E-state index is 13.6. The van der Waals surface area contributed by atoms with Gasteiger partial charge in [-0.25, -0.2) is 9.37 Å². The summed E-state index contributed by atoms with van der Waals surface area (Å²) in [4.78, 5) is 3.57. The van der Waals surface area contributed by atoms with Gasteiger partial charge in [0.1, 0.15) is 5.82 Å². The second-order valence-electron chi connectivity index (χ2n) is 4.34. The van der Waals surface area contributed by atoms with Crippen LogP contribution in [0, 0.1) is 5.82 Å². The number of hydrogen-bond donors (Lipinski definition) is 1. The van der Waals surface area contributed by atoms with Gasteiger partial charge in [-0.3, -0.25) is 5.43 Å². The smallest absolute Gasteiger partial charge is 0.260 e. The molecule has 0 fully saturated rings. The van der Waals surface area contributed by atoms with Gasteiger partial charge in [0.25, 0.3) is 0 Å². The van der Waals surface area contributed by atoms with Crippen LogP contribution in [0.25, 0.3) is 0 Å². The minimum atomic E-state index is -4.53. The van der Waals surface area contributed by atoms with E-state index in [2.05, 4.69) is 15.5 Å². The van der Waals surface area contributed by atoms with Crippen molar-refractivity contribution < 1.29 is 17.6 Å². The van der Waals surface area contributed by atoms with Gasteiger partial charge >= 0.3 is 6.18 Å². The summed E-state index contributed by atoms with van der Waals surface area (Å²) in [5.74, 6) is -0.512. The maximum atomic E-state index is 13.6. The van der Waals surface area contributed by atoms with Gasteiger partial charge in [0, 0.05) is 11.8 Å². The van der Waals surface area contributed by atoms with Crippen molar-refractivity contribution in [3.8, 4) is 0 Å². The maximum Gasteiger partial charge on any atom is 0.417 e. The Morgan fingerprint density at radius 2 is 1.95 bits per heavy atom. The largest absolute Gasteiger partial charge is 0.417 e. The van der Waals surface area contributed by atoms with Crippen LogP contribution in [-0.4, -0.2) is 10.7 Å². The summed E-state index contributed by atoms with van der Waals surface area (Å²) >= 11 is 5.73. The molecule has 0 aliphatic heterocycles. The highest BCUT2D eigenvalue weighted by Crippen LogP contribution is 2.32. The summed E-state index contributed by atoms with van der Waals surface area (Å²) in [6.45, 7) is 1.55. The third kappa shape index (κ3) is 3.73. The molecule has 1 N–H and O–H groups in total. The molecule has 0 aliphatic rings. The standard InChI is InChI=1S/C14H10ClF4N3/c1-8(10-4-2-3-5-12(10)16)21-22-13-11(15)6-9(7-20-13)14(17,18)19/h2-7H,1H3,(H,20,22)/b21-8-. The highest BCUT2D eigenvalue weighted by Gasteiger charge is 2.31. The molecule has 8 heteroatoms. The summed E-state index contributed by atoms with van der Waals surface area (Å²) in [6, 6.07) is 6.72. The van der Waals surface area contributed by atoms with Crippen LogP contribution < -0.4 is 5.43 Å². The van der Waals surface area contributed by atoms with E-state index >= 15 is 0 Å². The van der Waals surface area contributed by atoms with Crippen LogP contribution in [0.15, 0.2) is 41.6 Å². The summed E-state index contributed by atoms with van der Waals surface area (Å²) < 4.78 is 51.0. The quantitative estimate of drug-likeness (QED) is 0.501. The summed E-state index contributed by atoms with van der Waals surface area (Å²) in [6.07, 6.45) is -3.89. The van der Waals surface area contributed by atoms with Crippen molar-refractivity contribution in [3.05, 3.63) is 58.5 Å². The van der Waals surface area contributed by atoms with Crippen molar-refractivity contribution in [3.63, 3.8) is 0 Å². The van der Waals surface area contributed by atoms with E-state index in [-0.39, 0.29) is 16.4 Å². The number of nitrogens with zero attached hydrogens (tertiary/aromatic N) is 2. The average molecular weight is 332 g/mol. The van der Waals surface area contributed by atoms with E-state index in [1.54, 1.807) is 13.0 Å². The molecule has 2 rings (SSSR count). The number of benzene rings is 1. The second-order valence-corrected chi connectivity index (χ2v) is 4.75. The topological polar surface area (TPSA) is 37.3 Å². The Bertz CT molecular complexity index is 713. The number of rotatable bonds is 3. The molecule has 0 aliphatic carbocycles. The molecule has 3 nitrogen and oxygen atoms in total. The van der Waals surface area contributed by atoms with Gasteiger partial charge in [-0.1, -0.05) is 29.8 Å². The Labute approximate surface area is 128 Å². The van der Waals surface area contributed by atoms with Gasteiger partial charge in [-0.15, -0.1) is 0 Å². The van der Waals surface area contributed by atoms with Crippen molar-refractivity contribution in [1.82, 2.24) is 4.98 Å². The number of anilines is 1. The number of hydrazone groups is 1. The van der Waals surface area contributed by atoms with Crippen LogP contribution in [0.1, 0.15) is 18.1 Å². The molecule has 0 saturated carbocycles. The fourth-order valence-electron chi connectivity index (χ4n) is 1.63. The van der Waals surface area contributed by atoms with Crippen molar-refractivity contribution in [2.24, 2.45) is 5.10 Å². The molecule has 1 aromatic heterocycles. The van der Waals surface area contributed by atoms with Gasteiger partial charge in [-0.2, -0.15) is 18.3 Å². The minimum absolute atomic E-state index is 0.0506. The average Bonchev–Trinajstić information content (AvgIpc) is 2.45. The first-order valence-corrected chi connectivity index (χ1v) is 6.45. The zero-order valence-electron chi connectivity index (χ0n) is 11.2. The van der Waals surface area contributed by atoms with E-state index in [1.807, 2.05) is 0 Å². The first kappa shape index (κ1) is 16.2. The Balaban J connectivity index is 2.21. The van der Waals surface area contributed by atoms with Crippen molar-refractivity contribution in [2.45, 2.75) is 13.1 Å². The molecule has 0 bridgehead atoms. The molecule has 1 aromatic carbocycles. The molecule has 0 saturated heterocycles. The zero-order chi connectivity index (χ0) is 16.3. The normalized spacial score (nSPS) is 12.4. The minimum Gasteiger partial charge on any atom is -0.260 e. The lowest BCUT2D eigenvalue weighted by Gasteiger charge is -2.09. The van der Waals surface area contributed by atoms with Crippen LogP contribution in [-0.2, 0) is 6.18 Å². The van der Waals surface area contributed by atoms with Crippen molar-refractivity contribution >= 4 is 23.1 Å². The highest BCUT2D eigenvalue weighted by molar-refractivity contribution is 6.33. The molecule has 0 amide bonds. The Morgan fingerprint density at radius 3 is 2.55 bits per heavy atom. The van der Waals surface area contributed by atoms with Gasteiger partial charge in [-0.05, 0) is 19.1 Å². The predicted octanol–water partition coefficient (Wildman–Crippen LogP) is 4.73.